The molecule has 5 rings (SSSR count). The van der Waals surface area contributed by atoms with E-state index in [4.69, 9.17) is 26.1 Å². The standard InChI is InChI=1S/C35H34ClN3O4/c1-3-32(38(23-22-25-10-6-5-7-11-25)33(40)24-43-29-18-14-26(36)15-19-29)34-37-31-13-9-8-12-30(31)35(41)39(34)27-16-20-28(21-17-27)42-4-2/h5-21,32H,3-4,22-24H2,1-2H3. The quantitative estimate of drug-likeness (QED) is 0.155. The molecule has 1 aromatic heterocycles. The number of para-hydroxylation sites is 1. The van der Waals surface area contributed by atoms with Crippen LogP contribution in [0.15, 0.2) is 108 Å². The Kier molecular flexibility index (Phi) is 9.74. The maximum absolute atomic E-state index is 14.0. The molecule has 5 aromatic rings. The van der Waals surface area contributed by atoms with Crippen molar-refractivity contribution in [3.05, 3.63) is 130 Å². The summed E-state index contributed by atoms with van der Waals surface area (Å²) in [5.41, 5.74) is 2.13. The number of carbonyl (C=O) groups is 1. The van der Waals surface area contributed by atoms with Crippen molar-refractivity contribution in [2.75, 3.05) is 19.8 Å². The number of amides is 1. The third kappa shape index (κ3) is 7.07. The molecule has 1 heterocycles. The Morgan fingerprint density at radius 3 is 2.21 bits per heavy atom. The van der Waals surface area contributed by atoms with Crippen molar-refractivity contribution in [3.8, 4) is 17.2 Å². The zero-order chi connectivity index (χ0) is 30.2. The lowest BCUT2D eigenvalue weighted by atomic mass is 10.1. The van der Waals surface area contributed by atoms with Crippen molar-refractivity contribution in [2.45, 2.75) is 32.7 Å². The summed E-state index contributed by atoms with van der Waals surface area (Å²) < 4.78 is 13.1. The molecule has 220 valence electrons. The van der Waals surface area contributed by atoms with Crippen LogP contribution in [-0.4, -0.2) is 40.1 Å². The van der Waals surface area contributed by atoms with Crippen LogP contribution < -0.4 is 15.0 Å². The second kappa shape index (κ2) is 14.0. The van der Waals surface area contributed by atoms with E-state index in [1.165, 1.54) is 0 Å². The van der Waals surface area contributed by atoms with Crippen LogP contribution in [0.3, 0.4) is 0 Å². The minimum absolute atomic E-state index is 0.173. The highest BCUT2D eigenvalue weighted by Crippen LogP contribution is 2.28. The number of hydrogen-bond donors (Lipinski definition) is 0. The number of aromatic nitrogens is 2. The van der Waals surface area contributed by atoms with Gasteiger partial charge < -0.3 is 14.4 Å². The van der Waals surface area contributed by atoms with Crippen molar-refractivity contribution in [1.29, 1.82) is 0 Å². The molecule has 43 heavy (non-hydrogen) atoms. The Bertz CT molecular complexity index is 1720. The molecule has 0 bridgehead atoms. The number of halogens is 1. The molecule has 8 heteroatoms. The van der Waals surface area contributed by atoms with E-state index in [-0.39, 0.29) is 18.1 Å². The molecule has 0 saturated heterocycles. The molecule has 0 radical (unpaired) electrons. The van der Waals surface area contributed by atoms with Crippen molar-refractivity contribution in [2.24, 2.45) is 0 Å². The van der Waals surface area contributed by atoms with Crippen LogP contribution in [0.5, 0.6) is 11.5 Å². The number of ether oxygens (including phenoxy) is 2. The van der Waals surface area contributed by atoms with Crippen molar-refractivity contribution < 1.29 is 14.3 Å². The zero-order valence-corrected chi connectivity index (χ0v) is 25.0. The summed E-state index contributed by atoms with van der Waals surface area (Å²) in [6.07, 6.45) is 1.16. The van der Waals surface area contributed by atoms with Gasteiger partial charge in [0, 0.05) is 11.6 Å². The topological polar surface area (TPSA) is 73.7 Å². The van der Waals surface area contributed by atoms with Crippen LogP contribution >= 0.6 is 11.6 Å². The summed E-state index contributed by atoms with van der Waals surface area (Å²) in [7, 11) is 0. The Balaban J connectivity index is 1.57. The molecule has 0 fully saturated rings. The lowest BCUT2D eigenvalue weighted by molar-refractivity contribution is -0.136. The van der Waals surface area contributed by atoms with Crippen LogP contribution in [0.4, 0.5) is 0 Å². The van der Waals surface area contributed by atoms with Gasteiger partial charge in [0.2, 0.25) is 0 Å². The molecule has 0 aliphatic rings. The molecule has 7 nitrogen and oxygen atoms in total. The van der Waals surface area contributed by atoms with Crippen LogP contribution in [-0.2, 0) is 11.2 Å². The normalized spacial score (nSPS) is 11.7. The lowest BCUT2D eigenvalue weighted by Gasteiger charge is -2.32. The number of carbonyl (C=O) groups excluding carboxylic acids is 1. The summed E-state index contributed by atoms with van der Waals surface area (Å²) >= 11 is 6.02. The van der Waals surface area contributed by atoms with Gasteiger partial charge in [0.1, 0.15) is 17.3 Å². The highest BCUT2D eigenvalue weighted by atomic mass is 35.5. The third-order valence-electron chi connectivity index (χ3n) is 7.25. The summed E-state index contributed by atoms with van der Waals surface area (Å²) in [6, 6.07) is 31.1. The van der Waals surface area contributed by atoms with E-state index in [1.807, 2.05) is 86.6 Å². The van der Waals surface area contributed by atoms with Gasteiger partial charge >= 0.3 is 0 Å². The van der Waals surface area contributed by atoms with Crippen molar-refractivity contribution in [3.63, 3.8) is 0 Å². The van der Waals surface area contributed by atoms with Gasteiger partial charge in [-0.25, -0.2) is 4.98 Å². The molecule has 0 aliphatic heterocycles. The molecule has 1 atom stereocenters. The fourth-order valence-electron chi connectivity index (χ4n) is 5.13. The second-order valence-electron chi connectivity index (χ2n) is 10.0. The predicted molar refractivity (Wildman–Crippen MR) is 170 cm³/mol. The second-order valence-corrected chi connectivity index (χ2v) is 10.5. The van der Waals surface area contributed by atoms with E-state index >= 15 is 0 Å². The van der Waals surface area contributed by atoms with Gasteiger partial charge in [0.15, 0.2) is 6.61 Å². The zero-order valence-electron chi connectivity index (χ0n) is 24.3. The molecular weight excluding hydrogens is 562 g/mol. The Hall–Kier alpha value is -4.62. The number of fused-ring (bicyclic) bond motifs is 1. The van der Waals surface area contributed by atoms with Gasteiger partial charge in [-0.05, 0) is 86.0 Å². The van der Waals surface area contributed by atoms with E-state index in [0.717, 1.165) is 5.56 Å². The Morgan fingerprint density at radius 2 is 1.51 bits per heavy atom. The summed E-state index contributed by atoms with van der Waals surface area (Å²) in [5.74, 6) is 1.53. The lowest BCUT2D eigenvalue weighted by Crippen LogP contribution is -2.42. The average Bonchev–Trinajstić information content (AvgIpc) is 3.04. The molecule has 1 amide bonds. The maximum atomic E-state index is 14.0. The Labute approximate surface area is 256 Å². The molecule has 0 N–H and O–H groups in total. The molecule has 0 saturated carbocycles. The minimum Gasteiger partial charge on any atom is -0.494 e. The van der Waals surface area contributed by atoms with Crippen LogP contribution in [0.1, 0.15) is 37.7 Å². The largest absolute Gasteiger partial charge is 0.494 e. The minimum atomic E-state index is -0.506. The highest BCUT2D eigenvalue weighted by molar-refractivity contribution is 6.30. The summed E-state index contributed by atoms with van der Waals surface area (Å²) in [6.45, 7) is 4.70. The van der Waals surface area contributed by atoms with E-state index in [1.54, 1.807) is 39.8 Å². The van der Waals surface area contributed by atoms with Gasteiger partial charge in [0.05, 0.1) is 29.2 Å². The molecule has 1 unspecified atom stereocenters. The first kappa shape index (κ1) is 29.9. The number of nitrogens with zero attached hydrogens (tertiary/aromatic N) is 3. The first-order chi connectivity index (χ1) is 21.0. The van der Waals surface area contributed by atoms with Gasteiger partial charge in [0.25, 0.3) is 11.5 Å². The Morgan fingerprint density at radius 1 is 0.860 bits per heavy atom. The van der Waals surface area contributed by atoms with E-state index in [2.05, 4.69) is 0 Å². The van der Waals surface area contributed by atoms with Crippen LogP contribution in [0, 0.1) is 0 Å². The monoisotopic (exact) mass is 595 g/mol. The van der Waals surface area contributed by atoms with Gasteiger partial charge in [-0.3, -0.25) is 14.2 Å². The number of benzene rings is 4. The number of rotatable bonds is 12. The fraction of sp³-hybridized carbons (Fsp3) is 0.229. The molecule has 4 aromatic carbocycles. The van der Waals surface area contributed by atoms with Crippen molar-refractivity contribution >= 4 is 28.4 Å². The highest BCUT2D eigenvalue weighted by Gasteiger charge is 2.29. The maximum Gasteiger partial charge on any atom is 0.266 e. The van der Waals surface area contributed by atoms with Gasteiger partial charge in [-0.2, -0.15) is 0 Å². The summed E-state index contributed by atoms with van der Waals surface area (Å²) in [5, 5.41) is 1.09. The smallest absolute Gasteiger partial charge is 0.266 e. The van der Waals surface area contributed by atoms with E-state index < -0.39 is 6.04 Å². The van der Waals surface area contributed by atoms with E-state index in [9.17, 15) is 9.59 Å². The van der Waals surface area contributed by atoms with Crippen LogP contribution in [0.25, 0.3) is 16.6 Å². The van der Waals surface area contributed by atoms with Crippen LogP contribution in [0.2, 0.25) is 5.02 Å². The first-order valence-corrected chi connectivity index (χ1v) is 14.8. The predicted octanol–water partition coefficient (Wildman–Crippen LogP) is 7.04. The average molecular weight is 596 g/mol. The molecule has 0 aliphatic carbocycles. The van der Waals surface area contributed by atoms with Gasteiger partial charge in [-0.15, -0.1) is 0 Å². The summed E-state index contributed by atoms with van der Waals surface area (Å²) in [4.78, 5) is 34.8. The molecular formula is C35H34ClN3O4. The SMILES string of the molecule is CCOc1ccc(-n2c(C(CC)N(CCc3ccccc3)C(=O)COc3ccc(Cl)cc3)nc3ccccc3c2=O)cc1. The van der Waals surface area contributed by atoms with Gasteiger partial charge in [-0.1, -0.05) is 61.0 Å². The third-order valence-corrected chi connectivity index (χ3v) is 7.50. The first-order valence-electron chi connectivity index (χ1n) is 14.4. The van der Waals surface area contributed by atoms with Crippen molar-refractivity contribution in [1.82, 2.24) is 14.5 Å². The molecule has 0 spiro atoms. The number of hydrogen-bond acceptors (Lipinski definition) is 5. The van der Waals surface area contributed by atoms with E-state index in [0.29, 0.717) is 64.9 Å². The fourth-order valence-corrected chi connectivity index (χ4v) is 5.26.